The number of hydrogen-bond donors (Lipinski definition) is 0. The van der Waals surface area contributed by atoms with Gasteiger partial charge in [0.25, 0.3) is 0 Å². The van der Waals surface area contributed by atoms with Gasteiger partial charge in [0.15, 0.2) is 0 Å². The fraction of sp³-hybridized carbons (Fsp3) is 0.545. The first-order valence-corrected chi connectivity index (χ1v) is 9.56. The van der Waals surface area contributed by atoms with Gasteiger partial charge in [-0.15, -0.1) is 0 Å². The van der Waals surface area contributed by atoms with Crippen LogP contribution in [0.5, 0.6) is 0 Å². The Bertz CT molecular complexity index is 730. The molecule has 0 spiro atoms. The van der Waals surface area contributed by atoms with Crippen LogP contribution in [0.25, 0.3) is 0 Å². The standard InChI is InChI=1S/C22H29BO2/c1-14-17-9-7-8-10-18(17)15(2)20-13-16(11-12-19(14)20)23-24-21(3,4)22(5,6)25-23/h7-15,19-20H,1-6H3. The summed E-state index contributed by atoms with van der Waals surface area (Å²) in [7, 11) is -0.262. The molecule has 0 amide bonds. The molecule has 1 aliphatic heterocycles. The van der Waals surface area contributed by atoms with Gasteiger partial charge in [-0.3, -0.25) is 0 Å². The van der Waals surface area contributed by atoms with Gasteiger partial charge in [0.05, 0.1) is 11.2 Å². The summed E-state index contributed by atoms with van der Waals surface area (Å²) >= 11 is 0. The summed E-state index contributed by atoms with van der Waals surface area (Å²) in [6.45, 7) is 13.2. The van der Waals surface area contributed by atoms with Crippen molar-refractivity contribution in [1.82, 2.24) is 0 Å². The van der Waals surface area contributed by atoms with Gasteiger partial charge in [-0.25, -0.2) is 0 Å². The van der Waals surface area contributed by atoms with E-state index in [-0.39, 0.29) is 18.3 Å². The largest absolute Gasteiger partial charge is 0.494 e. The first-order valence-electron chi connectivity index (χ1n) is 9.56. The second-order valence-corrected chi connectivity index (χ2v) is 8.98. The quantitative estimate of drug-likeness (QED) is 0.651. The van der Waals surface area contributed by atoms with E-state index < -0.39 is 0 Å². The lowest BCUT2D eigenvalue weighted by molar-refractivity contribution is 0.00578. The van der Waals surface area contributed by atoms with Gasteiger partial charge in [-0.05, 0) is 68.0 Å². The number of hydrogen-bond acceptors (Lipinski definition) is 2. The molecule has 0 saturated carbocycles. The Morgan fingerprint density at radius 2 is 1.36 bits per heavy atom. The second kappa shape index (κ2) is 5.59. The zero-order valence-corrected chi connectivity index (χ0v) is 16.2. The van der Waals surface area contributed by atoms with E-state index in [2.05, 4.69) is 84.0 Å². The highest BCUT2D eigenvalue weighted by Crippen LogP contribution is 2.50. The Morgan fingerprint density at radius 1 is 0.840 bits per heavy atom. The van der Waals surface area contributed by atoms with E-state index in [4.69, 9.17) is 9.31 Å². The van der Waals surface area contributed by atoms with Gasteiger partial charge >= 0.3 is 7.12 Å². The zero-order chi connectivity index (χ0) is 18.0. The average molecular weight is 336 g/mol. The van der Waals surface area contributed by atoms with Crippen LogP contribution in [0.4, 0.5) is 0 Å². The van der Waals surface area contributed by atoms with Crippen molar-refractivity contribution in [2.75, 3.05) is 0 Å². The van der Waals surface area contributed by atoms with Gasteiger partial charge in [-0.1, -0.05) is 56.3 Å². The first-order chi connectivity index (χ1) is 11.7. The van der Waals surface area contributed by atoms with E-state index in [0.29, 0.717) is 23.7 Å². The van der Waals surface area contributed by atoms with Crippen LogP contribution in [-0.2, 0) is 9.31 Å². The van der Waals surface area contributed by atoms with Crippen LogP contribution in [-0.4, -0.2) is 18.3 Å². The fourth-order valence-electron chi connectivity index (χ4n) is 4.61. The average Bonchev–Trinajstić information content (AvgIpc) is 2.80. The lowest BCUT2D eigenvalue weighted by atomic mass is 9.60. The van der Waals surface area contributed by atoms with E-state index in [1.807, 2.05) is 0 Å². The van der Waals surface area contributed by atoms with Crippen molar-refractivity contribution in [2.24, 2.45) is 11.8 Å². The molecule has 4 atom stereocenters. The summed E-state index contributed by atoms with van der Waals surface area (Å²) < 4.78 is 12.5. The molecular weight excluding hydrogens is 307 g/mol. The first kappa shape index (κ1) is 17.1. The predicted octanol–water partition coefficient (Wildman–Crippen LogP) is 5.27. The third kappa shape index (κ3) is 2.55. The van der Waals surface area contributed by atoms with Crippen LogP contribution < -0.4 is 0 Å². The van der Waals surface area contributed by atoms with Crippen molar-refractivity contribution in [2.45, 2.75) is 64.6 Å². The topological polar surface area (TPSA) is 18.5 Å². The van der Waals surface area contributed by atoms with E-state index >= 15 is 0 Å². The lowest BCUT2D eigenvalue weighted by Crippen LogP contribution is -2.41. The maximum atomic E-state index is 6.27. The molecule has 0 aromatic heterocycles. The van der Waals surface area contributed by atoms with Gasteiger partial charge in [0, 0.05) is 0 Å². The molecular formula is C22H29BO2. The Hall–Kier alpha value is -1.32. The molecule has 2 nitrogen and oxygen atoms in total. The molecule has 2 aliphatic carbocycles. The highest BCUT2D eigenvalue weighted by molar-refractivity contribution is 6.55. The molecule has 1 heterocycles. The molecule has 132 valence electrons. The molecule has 4 unspecified atom stereocenters. The molecule has 0 radical (unpaired) electrons. The van der Waals surface area contributed by atoms with Crippen molar-refractivity contribution >= 4 is 7.12 Å². The van der Waals surface area contributed by atoms with E-state index in [1.54, 1.807) is 0 Å². The minimum absolute atomic E-state index is 0.262. The normalized spacial score (nSPS) is 35.1. The maximum Gasteiger partial charge on any atom is 0.494 e. The highest BCUT2D eigenvalue weighted by atomic mass is 16.7. The summed E-state index contributed by atoms with van der Waals surface area (Å²) in [5.41, 5.74) is 3.60. The molecule has 0 bridgehead atoms. The summed E-state index contributed by atoms with van der Waals surface area (Å²) in [4.78, 5) is 0. The number of rotatable bonds is 1. The van der Waals surface area contributed by atoms with E-state index in [9.17, 15) is 0 Å². The number of benzene rings is 1. The van der Waals surface area contributed by atoms with Crippen molar-refractivity contribution in [3.63, 3.8) is 0 Å². The Morgan fingerprint density at radius 3 is 1.92 bits per heavy atom. The third-order valence-electron chi connectivity index (χ3n) is 7.00. The van der Waals surface area contributed by atoms with Gasteiger partial charge in [0.1, 0.15) is 0 Å². The predicted molar refractivity (Wildman–Crippen MR) is 104 cm³/mol. The van der Waals surface area contributed by atoms with E-state index in [0.717, 1.165) is 0 Å². The van der Waals surface area contributed by atoms with E-state index in [1.165, 1.54) is 16.6 Å². The summed E-state index contributed by atoms with van der Waals surface area (Å²) in [6, 6.07) is 8.93. The van der Waals surface area contributed by atoms with Crippen LogP contribution in [0, 0.1) is 11.8 Å². The molecule has 3 heteroatoms. The molecule has 1 aromatic rings. The summed E-state index contributed by atoms with van der Waals surface area (Å²) in [5, 5.41) is 0. The van der Waals surface area contributed by atoms with Gasteiger partial charge < -0.3 is 9.31 Å². The Balaban J connectivity index is 1.67. The van der Waals surface area contributed by atoms with Crippen LogP contribution >= 0.6 is 0 Å². The maximum absolute atomic E-state index is 6.27. The minimum atomic E-state index is -0.290. The van der Waals surface area contributed by atoms with Crippen molar-refractivity contribution in [3.8, 4) is 0 Å². The van der Waals surface area contributed by atoms with Crippen molar-refractivity contribution in [1.29, 1.82) is 0 Å². The van der Waals surface area contributed by atoms with Gasteiger partial charge in [0.2, 0.25) is 0 Å². The summed E-state index contributed by atoms with van der Waals surface area (Å²) in [5.74, 6) is 2.12. The fourth-order valence-corrected chi connectivity index (χ4v) is 4.61. The second-order valence-electron chi connectivity index (χ2n) is 8.98. The molecule has 1 aromatic carbocycles. The van der Waals surface area contributed by atoms with Crippen LogP contribution in [0.3, 0.4) is 0 Å². The van der Waals surface area contributed by atoms with Crippen LogP contribution in [0.1, 0.15) is 64.5 Å². The molecule has 1 fully saturated rings. The van der Waals surface area contributed by atoms with Crippen molar-refractivity contribution in [3.05, 3.63) is 59.1 Å². The third-order valence-corrected chi connectivity index (χ3v) is 7.00. The molecule has 4 rings (SSSR count). The smallest absolute Gasteiger partial charge is 0.399 e. The molecule has 25 heavy (non-hydrogen) atoms. The summed E-state index contributed by atoms with van der Waals surface area (Å²) in [6.07, 6.45) is 7.05. The number of allylic oxidation sites excluding steroid dienone is 4. The monoisotopic (exact) mass is 336 g/mol. The van der Waals surface area contributed by atoms with Crippen LogP contribution in [0.2, 0.25) is 0 Å². The molecule has 3 aliphatic rings. The minimum Gasteiger partial charge on any atom is -0.399 e. The number of fused-ring (bicyclic) bond motifs is 2. The van der Waals surface area contributed by atoms with Gasteiger partial charge in [-0.2, -0.15) is 0 Å². The Labute approximate surface area is 152 Å². The Kier molecular flexibility index (Phi) is 3.83. The SMILES string of the molecule is CC1c2ccccc2C(C)C2C=C(B3OC(C)(C)C(C)(C)O3)C=CC12. The highest BCUT2D eigenvalue weighted by Gasteiger charge is 2.52. The molecule has 0 N–H and O–H groups in total. The lowest BCUT2D eigenvalue weighted by Gasteiger charge is -2.41. The molecule has 1 saturated heterocycles. The van der Waals surface area contributed by atoms with Crippen molar-refractivity contribution < 1.29 is 9.31 Å². The van der Waals surface area contributed by atoms with Crippen LogP contribution in [0.15, 0.2) is 48.0 Å². The zero-order valence-electron chi connectivity index (χ0n) is 16.2.